The van der Waals surface area contributed by atoms with Crippen LogP contribution >= 0.6 is 0 Å². The molecule has 0 aromatic heterocycles. The molecule has 0 saturated heterocycles. The van der Waals surface area contributed by atoms with Gasteiger partial charge in [0.2, 0.25) is 0 Å². The first-order valence-electron chi connectivity index (χ1n) is 13.7. The maximum absolute atomic E-state index is 13.7. The Hall–Kier alpha value is -1.63. The van der Waals surface area contributed by atoms with Gasteiger partial charge in [0.25, 0.3) is 0 Å². The van der Waals surface area contributed by atoms with Crippen molar-refractivity contribution < 1.29 is 33.7 Å². The minimum Gasteiger partial charge on any atom is -0.469 e. The number of esters is 1. The van der Waals surface area contributed by atoms with Crippen LogP contribution in [-0.4, -0.2) is 48.9 Å². The normalized spacial score (nSPS) is 43.4. The van der Waals surface area contributed by atoms with Gasteiger partial charge in [0.05, 0.1) is 19.8 Å². The number of rotatable bonds is 6. The van der Waals surface area contributed by atoms with E-state index in [0.717, 1.165) is 32.1 Å². The Bertz CT molecular complexity index is 826. The highest BCUT2D eigenvalue weighted by molar-refractivity contribution is 5.83. The fourth-order valence-corrected chi connectivity index (χ4v) is 8.87. The number of methoxy groups -OCH3 is 1. The van der Waals surface area contributed by atoms with Crippen LogP contribution in [-0.2, 0) is 23.8 Å². The van der Waals surface area contributed by atoms with Gasteiger partial charge in [-0.3, -0.25) is 9.59 Å². The van der Waals surface area contributed by atoms with Crippen molar-refractivity contribution in [3.63, 3.8) is 0 Å². The molecule has 0 bridgehead atoms. The van der Waals surface area contributed by atoms with Crippen molar-refractivity contribution in [2.24, 2.45) is 46.3 Å². The number of aliphatic hydroxyl groups excluding tert-OH is 1. The Morgan fingerprint density at radius 3 is 2.57 bits per heavy atom. The molecule has 0 aromatic rings. The number of fused-ring (bicyclic) bond motifs is 5. The summed E-state index contributed by atoms with van der Waals surface area (Å²) in [5, 5.41) is 11.7. The molecule has 7 heteroatoms. The molecule has 4 saturated carbocycles. The molecule has 0 aliphatic heterocycles. The van der Waals surface area contributed by atoms with Gasteiger partial charge in [-0.1, -0.05) is 20.8 Å². The predicted molar refractivity (Wildman–Crippen MR) is 129 cm³/mol. The Balaban J connectivity index is 1.51. The zero-order valence-corrected chi connectivity index (χ0v) is 22.1. The molecule has 4 aliphatic rings. The quantitative estimate of drug-likeness (QED) is 0.525. The van der Waals surface area contributed by atoms with Gasteiger partial charge in [0, 0.05) is 24.2 Å². The van der Waals surface area contributed by atoms with Crippen LogP contribution in [0.1, 0.15) is 85.5 Å². The predicted octanol–water partition coefficient (Wildman–Crippen LogP) is 4.93. The van der Waals surface area contributed by atoms with Crippen molar-refractivity contribution in [2.45, 2.75) is 97.7 Å². The van der Waals surface area contributed by atoms with Gasteiger partial charge in [-0.2, -0.15) is 0 Å². The molecular formula is C28H44O7. The zero-order valence-electron chi connectivity index (χ0n) is 22.1. The van der Waals surface area contributed by atoms with E-state index in [0.29, 0.717) is 37.4 Å². The number of aliphatic hydroxyl groups is 1. The first-order chi connectivity index (χ1) is 16.6. The van der Waals surface area contributed by atoms with E-state index < -0.39 is 12.3 Å². The van der Waals surface area contributed by atoms with Crippen molar-refractivity contribution in [3.8, 4) is 0 Å². The fraction of sp³-hybridized carbons (Fsp3) is 0.893. The first kappa shape index (κ1) is 26.4. The summed E-state index contributed by atoms with van der Waals surface area (Å²) in [6.07, 6.45) is 5.35. The van der Waals surface area contributed by atoms with Gasteiger partial charge in [-0.25, -0.2) is 4.79 Å². The summed E-state index contributed by atoms with van der Waals surface area (Å²) in [6, 6.07) is 0. The highest BCUT2D eigenvalue weighted by Gasteiger charge is 2.66. The Kier molecular flexibility index (Phi) is 7.57. The Morgan fingerprint density at radius 2 is 1.89 bits per heavy atom. The van der Waals surface area contributed by atoms with Gasteiger partial charge in [0.1, 0.15) is 11.9 Å². The maximum atomic E-state index is 13.7. The highest BCUT2D eigenvalue weighted by Crippen LogP contribution is 2.67. The zero-order chi connectivity index (χ0) is 25.5. The van der Waals surface area contributed by atoms with Crippen molar-refractivity contribution in [1.82, 2.24) is 0 Å². The summed E-state index contributed by atoms with van der Waals surface area (Å²) in [5.41, 5.74) is -0.343. The largest absolute Gasteiger partial charge is 0.508 e. The third-order valence-corrected chi connectivity index (χ3v) is 10.8. The second-order valence-corrected chi connectivity index (χ2v) is 12.2. The number of ketones is 1. The fourth-order valence-electron chi connectivity index (χ4n) is 8.87. The standard InChI is InChI=1S/C28H44O7/c1-6-34-26(32)35-18-11-12-27(3)17(13-18)14-22(29)25-20-9-8-19(16(2)7-10-24(31)33-5)28(20,4)23(30)15-21(25)27/h16-21,23,25,30H,6-15H2,1-5H3/t16-,17+,18-,19-,20+,21+,23+,25+,27+,28-/m1/s1. The molecule has 4 rings (SSSR count). The number of ether oxygens (including phenoxy) is 3. The van der Waals surface area contributed by atoms with Crippen LogP contribution in [0, 0.1) is 46.3 Å². The lowest BCUT2D eigenvalue weighted by atomic mass is 9.43. The number of hydrogen-bond donors (Lipinski definition) is 1. The average molecular weight is 493 g/mol. The van der Waals surface area contributed by atoms with Crippen molar-refractivity contribution in [1.29, 1.82) is 0 Å². The van der Waals surface area contributed by atoms with Gasteiger partial charge in [-0.05, 0) is 86.9 Å². The second-order valence-electron chi connectivity index (χ2n) is 12.2. The van der Waals surface area contributed by atoms with Crippen molar-refractivity contribution in [2.75, 3.05) is 13.7 Å². The van der Waals surface area contributed by atoms with E-state index in [4.69, 9.17) is 14.2 Å². The third kappa shape index (κ3) is 4.51. The summed E-state index contributed by atoms with van der Waals surface area (Å²) < 4.78 is 15.3. The molecule has 0 heterocycles. The lowest BCUT2D eigenvalue weighted by molar-refractivity contribution is -0.182. The molecule has 198 valence electrons. The average Bonchev–Trinajstić information content (AvgIpc) is 3.17. The van der Waals surface area contributed by atoms with E-state index in [2.05, 4.69) is 20.8 Å². The molecule has 0 unspecified atom stereocenters. The monoisotopic (exact) mass is 492 g/mol. The van der Waals surface area contributed by atoms with Crippen LogP contribution in [0.3, 0.4) is 0 Å². The molecule has 0 spiro atoms. The lowest BCUT2D eigenvalue weighted by Gasteiger charge is -2.61. The molecule has 0 amide bonds. The van der Waals surface area contributed by atoms with Gasteiger partial charge < -0.3 is 19.3 Å². The topological polar surface area (TPSA) is 99.1 Å². The second kappa shape index (κ2) is 10.0. The summed E-state index contributed by atoms with van der Waals surface area (Å²) in [7, 11) is 1.42. The Morgan fingerprint density at radius 1 is 1.14 bits per heavy atom. The van der Waals surface area contributed by atoms with Crippen LogP contribution in [0.4, 0.5) is 4.79 Å². The van der Waals surface area contributed by atoms with E-state index in [9.17, 15) is 19.5 Å². The lowest BCUT2D eigenvalue weighted by Crippen LogP contribution is -2.61. The minimum absolute atomic E-state index is 0.00928. The number of carbonyl (C=O) groups excluding carboxylic acids is 3. The van der Waals surface area contributed by atoms with Crippen LogP contribution < -0.4 is 0 Å². The first-order valence-corrected chi connectivity index (χ1v) is 13.7. The van der Waals surface area contributed by atoms with Gasteiger partial charge >= 0.3 is 12.1 Å². The van der Waals surface area contributed by atoms with Crippen LogP contribution in [0.5, 0.6) is 0 Å². The molecule has 10 atom stereocenters. The summed E-state index contributed by atoms with van der Waals surface area (Å²) in [5.74, 6) is 1.22. The molecule has 35 heavy (non-hydrogen) atoms. The number of hydrogen-bond acceptors (Lipinski definition) is 7. The smallest absolute Gasteiger partial charge is 0.469 e. The summed E-state index contributed by atoms with van der Waals surface area (Å²) >= 11 is 0. The number of Topliss-reactive ketones (excluding diaryl/α,β-unsaturated/α-hetero) is 1. The van der Waals surface area contributed by atoms with E-state index in [1.807, 2.05) is 0 Å². The maximum Gasteiger partial charge on any atom is 0.508 e. The van der Waals surface area contributed by atoms with Gasteiger partial charge in [-0.15, -0.1) is 0 Å². The molecule has 7 nitrogen and oxygen atoms in total. The molecule has 0 aromatic carbocycles. The number of carbonyl (C=O) groups is 3. The van der Waals surface area contributed by atoms with E-state index in [-0.39, 0.29) is 59.1 Å². The van der Waals surface area contributed by atoms with Crippen molar-refractivity contribution >= 4 is 17.9 Å². The van der Waals surface area contributed by atoms with Gasteiger partial charge in [0.15, 0.2) is 0 Å². The Labute approximate surface area is 209 Å². The minimum atomic E-state index is -0.622. The van der Waals surface area contributed by atoms with E-state index in [1.54, 1.807) is 6.92 Å². The molecule has 1 N–H and O–H groups in total. The van der Waals surface area contributed by atoms with E-state index >= 15 is 0 Å². The molecule has 0 radical (unpaired) electrons. The van der Waals surface area contributed by atoms with Crippen LogP contribution in [0.15, 0.2) is 0 Å². The van der Waals surface area contributed by atoms with E-state index in [1.165, 1.54) is 7.11 Å². The van der Waals surface area contributed by atoms with Crippen LogP contribution in [0.2, 0.25) is 0 Å². The third-order valence-electron chi connectivity index (χ3n) is 10.8. The van der Waals surface area contributed by atoms with Crippen LogP contribution in [0.25, 0.3) is 0 Å². The molecule has 4 aliphatic carbocycles. The summed E-state index contributed by atoms with van der Waals surface area (Å²) in [6.45, 7) is 8.74. The molecule has 4 fully saturated rings. The summed E-state index contributed by atoms with van der Waals surface area (Å²) in [4.78, 5) is 37.3. The molecular weight excluding hydrogens is 448 g/mol. The van der Waals surface area contributed by atoms with Crippen molar-refractivity contribution in [3.05, 3.63) is 0 Å². The highest BCUT2D eigenvalue weighted by atomic mass is 16.7. The SMILES string of the molecule is CCOC(=O)O[C@@H]1CC[C@@]2(C)[C@H](CC(=O)[C@@H]3[C@@H]2C[C@H](O)[C@]2(C)[C@@H]([C@H](C)CCC(=O)OC)CC[C@@H]32)C1.